The van der Waals surface area contributed by atoms with E-state index in [-0.39, 0.29) is 12.2 Å². The van der Waals surface area contributed by atoms with Crippen molar-refractivity contribution in [1.82, 2.24) is 5.32 Å². The molecule has 1 fully saturated rings. The molecule has 0 bridgehead atoms. The zero-order valence-corrected chi connectivity index (χ0v) is 11.1. The summed E-state index contributed by atoms with van der Waals surface area (Å²) in [5.41, 5.74) is -0.0229. The van der Waals surface area contributed by atoms with Gasteiger partial charge in [-0.2, -0.15) is 0 Å². The van der Waals surface area contributed by atoms with Crippen LogP contribution in [-0.4, -0.2) is 35.5 Å². The highest BCUT2D eigenvalue weighted by Crippen LogP contribution is 2.28. The van der Waals surface area contributed by atoms with E-state index in [1.807, 2.05) is 0 Å². The number of nitrogens with one attached hydrogen (secondary N) is 1. The Kier molecular flexibility index (Phi) is 5.22. The van der Waals surface area contributed by atoms with Gasteiger partial charge in [-0.1, -0.05) is 6.92 Å². The van der Waals surface area contributed by atoms with Crippen molar-refractivity contribution < 1.29 is 9.84 Å². The monoisotopic (exact) mass is 229 g/mol. The molecule has 3 heteroatoms. The molecule has 96 valence electrons. The average molecular weight is 229 g/mol. The summed E-state index contributed by atoms with van der Waals surface area (Å²) < 4.78 is 5.89. The molecule has 1 unspecified atom stereocenters. The second-order valence-corrected chi connectivity index (χ2v) is 5.80. The third-order valence-electron chi connectivity index (χ3n) is 3.06. The lowest BCUT2D eigenvalue weighted by atomic mass is 9.87. The van der Waals surface area contributed by atoms with E-state index >= 15 is 0 Å². The fourth-order valence-electron chi connectivity index (χ4n) is 2.19. The van der Waals surface area contributed by atoms with Crippen LogP contribution in [0.25, 0.3) is 0 Å². The molecular weight excluding hydrogens is 202 g/mol. The lowest BCUT2D eigenvalue weighted by molar-refractivity contribution is -0.103. The Bertz CT molecular complexity index is 195. The van der Waals surface area contributed by atoms with E-state index in [1.54, 1.807) is 0 Å². The molecule has 1 aliphatic rings. The molecule has 1 rings (SSSR count). The summed E-state index contributed by atoms with van der Waals surface area (Å²) in [7, 11) is 0. The van der Waals surface area contributed by atoms with Gasteiger partial charge in [-0.15, -0.1) is 0 Å². The van der Waals surface area contributed by atoms with Crippen LogP contribution in [0.2, 0.25) is 0 Å². The molecule has 0 aromatic rings. The highest BCUT2D eigenvalue weighted by molar-refractivity contribution is 4.89. The van der Waals surface area contributed by atoms with Gasteiger partial charge in [0, 0.05) is 18.7 Å². The van der Waals surface area contributed by atoms with Gasteiger partial charge in [0.15, 0.2) is 0 Å². The first-order valence-corrected chi connectivity index (χ1v) is 6.49. The summed E-state index contributed by atoms with van der Waals surface area (Å²) in [5.74, 6) is 0. The van der Waals surface area contributed by atoms with Crippen molar-refractivity contribution in [2.75, 3.05) is 6.61 Å². The Hall–Kier alpha value is -0.120. The quantitative estimate of drug-likeness (QED) is 0.733. The van der Waals surface area contributed by atoms with Crippen LogP contribution in [0.5, 0.6) is 0 Å². The lowest BCUT2D eigenvalue weighted by Crippen LogP contribution is -2.51. The molecule has 0 aromatic carbocycles. The Labute approximate surface area is 99.6 Å². The first-order valence-electron chi connectivity index (χ1n) is 6.49. The van der Waals surface area contributed by atoms with Crippen LogP contribution in [0, 0.1) is 0 Å². The minimum atomic E-state index is -0.0229. The van der Waals surface area contributed by atoms with Crippen LogP contribution in [0.3, 0.4) is 0 Å². The lowest BCUT2D eigenvalue weighted by Gasteiger charge is -2.41. The Morgan fingerprint density at radius 1 is 1.38 bits per heavy atom. The molecule has 3 nitrogen and oxygen atoms in total. The maximum absolute atomic E-state index is 8.91. The third kappa shape index (κ3) is 4.81. The highest BCUT2D eigenvalue weighted by atomic mass is 16.5. The number of rotatable bonds is 6. The van der Waals surface area contributed by atoms with E-state index in [0.29, 0.717) is 18.2 Å². The van der Waals surface area contributed by atoms with Gasteiger partial charge in [0.2, 0.25) is 0 Å². The SMILES string of the molecule is CCC(CCO)NC1CC(OC(C)(C)C)C1. The topological polar surface area (TPSA) is 41.5 Å². The second-order valence-electron chi connectivity index (χ2n) is 5.80. The fraction of sp³-hybridized carbons (Fsp3) is 1.00. The van der Waals surface area contributed by atoms with E-state index in [9.17, 15) is 0 Å². The van der Waals surface area contributed by atoms with E-state index in [1.165, 1.54) is 0 Å². The van der Waals surface area contributed by atoms with Gasteiger partial charge < -0.3 is 15.2 Å². The molecule has 2 N–H and O–H groups in total. The zero-order valence-electron chi connectivity index (χ0n) is 11.1. The summed E-state index contributed by atoms with van der Waals surface area (Å²) in [6, 6.07) is 1.05. The van der Waals surface area contributed by atoms with E-state index in [2.05, 4.69) is 33.0 Å². The molecule has 0 spiro atoms. The van der Waals surface area contributed by atoms with Crippen molar-refractivity contribution in [3.8, 4) is 0 Å². The average Bonchev–Trinajstić information content (AvgIpc) is 2.11. The standard InChI is InChI=1S/C13H27NO2/c1-5-10(6-7-15)14-11-8-12(9-11)16-13(2,3)4/h10-12,14-15H,5-9H2,1-4H3. The van der Waals surface area contributed by atoms with Gasteiger partial charge in [0.05, 0.1) is 11.7 Å². The predicted molar refractivity (Wildman–Crippen MR) is 66.6 cm³/mol. The molecule has 16 heavy (non-hydrogen) atoms. The van der Waals surface area contributed by atoms with Gasteiger partial charge in [0.1, 0.15) is 0 Å². The molecule has 0 heterocycles. The molecule has 0 aromatic heterocycles. The third-order valence-corrected chi connectivity index (χ3v) is 3.06. The van der Waals surface area contributed by atoms with Gasteiger partial charge in [-0.05, 0) is 46.5 Å². The number of aliphatic hydroxyl groups is 1. The van der Waals surface area contributed by atoms with Crippen LogP contribution < -0.4 is 5.32 Å². The van der Waals surface area contributed by atoms with Crippen molar-refractivity contribution >= 4 is 0 Å². The smallest absolute Gasteiger partial charge is 0.0612 e. The summed E-state index contributed by atoms with van der Waals surface area (Å²) in [6.07, 6.45) is 4.59. The van der Waals surface area contributed by atoms with Crippen LogP contribution in [0.4, 0.5) is 0 Å². The van der Waals surface area contributed by atoms with Crippen LogP contribution in [-0.2, 0) is 4.74 Å². The van der Waals surface area contributed by atoms with E-state index in [0.717, 1.165) is 25.7 Å². The maximum Gasteiger partial charge on any atom is 0.0612 e. The molecule has 1 atom stereocenters. The second kappa shape index (κ2) is 5.99. The molecule has 1 saturated carbocycles. The molecule has 0 amide bonds. The van der Waals surface area contributed by atoms with Crippen LogP contribution >= 0.6 is 0 Å². The number of aliphatic hydroxyl groups excluding tert-OH is 1. The molecule has 1 aliphatic carbocycles. The maximum atomic E-state index is 8.91. The first-order chi connectivity index (χ1) is 7.44. The van der Waals surface area contributed by atoms with Crippen LogP contribution in [0.1, 0.15) is 53.4 Å². The molecule has 0 aliphatic heterocycles. The van der Waals surface area contributed by atoms with Gasteiger partial charge in [0.25, 0.3) is 0 Å². The fourth-order valence-corrected chi connectivity index (χ4v) is 2.19. The minimum Gasteiger partial charge on any atom is -0.396 e. The summed E-state index contributed by atoms with van der Waals surface area (Å²) in [6.45, 7) is 8.76. The first kappa shape index (κ1) is 13.9. The van der Waals surface area contributed by atoms with Gasteiger partial charge in [-0.25, -0.2) is 0 Å². The Morgan fingerprint density at radius 2 is 2.00 bits per heavy atom. The summed E-state index contributed by atoms with van der Waals surface area (Å²) in [5, 5.41) is 12.5. The largest absolute Gasteiger partial charge is 0.396 e. The van der Waals surface area contributed by atoms with Crippen molar-refractivity contribution in [2.24, 2.45) is 0 Å². The van der Waals surface area contributed by atoms with E-state index < -0.39 is 0 Å². The molecular formula is C13H27NO2. The normalized spacial score (nSPS) is 27.6. The zero-order chi connectivity index (χ0) is 12.2. The number of hydrogen-bond acceptors (Lipinski definition) is 3. The minimum absolute atomic E-state index is 0.0229. The van der Waals surface area contributed by atoms with Crippen molar-refractivity contribution in [1.29, 1.82) is 0 Å². The highest BCUT2D eigenvalue weighted by Gasteiger charge is 2.33. The Balaban J connectivity index is 2.15. The van der Waals surface area contributed by atoms with Crippen LogP contribution in [0.15, 0.2) is 0 Å². The van der Waals surface area contributed by atoms with Crippen molar-refractivity contribution in [3.05, 3.63) is 0 Å². The Morgan fingerprint density at radius 3 is 2.44 bits per heavy atom. The van der Waals surface area contributed by atoms with Crippen molar-refractivity contribution in [3.63, 3.8) is 0 Å². The number of hydrogen-bond donors (Lipinski definition) is 2. The van der Waals surface area contributed by atoms with Gasteiger partial charge in [-0.3, -0.25) is 0 Å². The summed E-state index contributed by atoms with van der Waals surface area (Å²) in [4.78, 5) is 0. The van der Waals surface area contributed by atoms with Gasteiger partial charge >= 0.3 is 0 Å². The van der Waals surface area contributed by atoms with E-state index in [4.69, 9.17) is 9.84 Å². The molecule has 0 saturated heterocycles. The molecule has 0 radical (unpaired) electrons. The predicted octanol–water partition coefficient (Wildman–Crippen LogP) is 2.08. The number of ether oxygens (including phenoxy) is 1. The summed E-state index contributed by atoms with van der Waals surface area (Å²) >= 11 is 0. The van der Waals surface area contributed by atoms with Crippen molar-refractivity contribution in [2.45, 2.75) is 77.2 Å².